The van der Waals surface area contributed by atoms with Crippen LogP contribution in [-0.2, 0) is 9.53 Å². The minimum absolute atomic E-state index is 0.0367. The van der Waals surface area contributed by atoms with Gasteiger partial charge >= 0.3 is 6.09 Å². The number of fused-ring (bicyclic) bond motifs is 2. The van der Waals surface area contributed by atoms with Crippen LogP contribution in [0.1, 0.15) is 25.7 Å². The molecule has 0 aromatic heterocycles. The van der Waals surface area contributed by atoms with Gasteiger partial charge in [-0.3, -0.25) is 9.69 Å². The number of carbonyl (C=O) groups excluding carboxylic acids is 2. The van der Waals surface area contributed by atoms with Gasteiger partial charge in [0.15, 0.2) is 0 Å². The zero-order valence-corrected chi connectivity index (χ0v) is 11.3. The quantitative estimate of drug-likeness (QED) is 0.731. The fourth-order valence-corrected chi connectivity index (χ4v) is 3.35. The van der Waals surface area contributed by atoms with Gasteiger partial charge in [0.05, 0.1) is 6.54 Å². The summed E-state index contributed by atoms with van der Waals surface area (Å²) in [5, 5.41) is 0.619. The first-order valence-corrected chi connectivity index (χ1v) is 7.22. The van der Waals surface area contributed by atoms with Crippen molar-refractivity contribution in [3.05, 3.63) is 0 Å². The second-order valence-electron chi connectivity index (χ2n) is 4.82. The molecule has 5 heteroatoms. The van der Waals surface area contributed by atoms with Crippen molar-refractivity contribution in [1.82, 2.24) is 4.90 Å². The fraction of sp³-hybridized carbons (Fsp3) is 0.833. The van der Waals surface area contributed by atoms with Gasteiger partial charge in [0.1, 0.15) is 6.61 Å². The van der Waals surface area contributed by atoms with Gasteiger partial charge in [-0.25, -0.2) is 4.79 Å². The maximum atomic E-state index is 11.9. The largest absolute Gasteiger partial charge is 0.449 e. The molecule has 0 heterocycles. The standard InChI is InChI=1S/C12H17BrNO3/c13-3-6-17-12(16)14(4-5-15)11-8-9-1-2-10(11)7-9/h9-11H,1-4,6-8H2. The maximum absolute atomic E-state index is 11.9. The van der Waals surface area contributed by atoms with E-state index in [4.69, 9.17) is 4.74 Å². The molecule has 1 radical (unpaired) electrons. The van der Waals surface area contributed by atoms with E-state index < -0.39 is 0 Å². The van der Waals surface area contributed by atoms with Gasteiger partial charge in [-0.2, -0.15) is 0 Å². The highest BCUT2D eigenvalue weighted by molar-refractivity contribution is 9.09. The maximum Gasteiger partial charge on any atom is 0.410 e. The van der Waals surface area contributed by atoms with Crippen LogP contribution in [0.25, 0.3) is 0 Å². The summed E-state index contributed by atoms with van der Waals surface area (Å²) < 4.78 is 5.09. The zero-order chi connectivity index (χ0) is 12.3. The van der Waals surface area contributed by atoms with E-state index in [0.29, 0.717) is 17.9 Å². The van der Waals surface area contributed by atoms with Gasteiger partial charge < -0.3 is 4.74 Å². The van der Waals surface area contributed by atoms with Crippen LogP contribution in [0, 0.1) is 11.8 Å². The highest BCUT2D eigenvalue weighted by Gasteiger charge is 2.44. The van der Waals surface area contributed by atoms with Crippen LogP contribution < -0.4 is 0 Å². The molecule has 3 atom stereocenters. The van der Waals surface area contributed by atoms with Crippen molar-refractivity contribution in [3.8, 4) is 0 Å². The Balaban J connectivity index is 1.96. The Morgan fingerprint density at radius 3 is 2.76 bits per heavy atom. The highest BCUT2D eigenvalue weighted by Crippen LogP contribution is 2.46. The monoisotopic (exact) mass is 302 g/mol. The van der Waals surface area contributed by atoms with Crippen molar-refractivity contribution < 1.29 is 14.3 Å². The van der Waals surface area contributed by atoms with Crippen molar-refractivity contribution in [2.24, 2.45) is 11.8 Å². The van der Waals surface area contributed by atoms with Gasteiger partial charge in [0.25, 0.3) is 0 Å². The van der Waals surface area contributed by atoms with Crippen molar-refractivity contribution in [2.45, 2.75) is 31.7 Å². The number of carbonyl (C=O) groups is 1. The number of rotatable bonds is 5. The molecule has 2 aliphatic carbocycles. The van der Waals surface area contributed by atoms with E-state index in [9.17, 15) is 9.59 Å². The van der Waals surface area contributed by atoms with Crippen molar-refractivity contribution in [3.63, 3.8) is 0 Å². The second-order valence-corrected chi connectivity index (χ2v) is 5.61. The molecule has 2 rings (SSSR count). The smallest absolute Gasteiger partial charge is 0.410 e. The molecule has 1 amide bonds. The van der Waals surface area contributed by atoms with Gasteiger partial charge in [-0.15, -0.1) is 0 Å². The first-order valence-electron chi connectivity index (χ1n) is 6.10. The third kappa shape index (κ3) is 2.81. The van der Waals surface area contributed by atoms with Crippen LogP contribution in [0.4, 0.5) is 4.79 Å². The summed E-state index contributed by atoms with van der Waals surface area (Å²) in [6.45, 7) is 0.379. The normalized spacial score (nSPS) is 30.3. The van der Waals surface area contributed by atoms with E-state index in [1.54, 1.807) is 4.90 Å². The summed E-state index contributed by atoms with van der Waals surface area (Å²) in [6, 6.07) is 0.193. The first kappa shape index (κ1) is 12.9. The average molecular weight is 303 g/mol. The van der Waals surface area contributed by atoms with Crippen molar-refractivity contribution in [2.75, 3.05) is 18.5 Å². The van der Waals surface area contributed by atoms with Crippen LogP contribution in [-0.4, -0.2) is 41.8 Å². The third-order valence-electron chi connectivity index (χ3n) is 3.87. The van der Waals surface area contributed by atoms with Gasteiger partial charge in [-0.05, 0) is 31.1 Å². The molecule has 0 N–H and O–H groups in total. The minimum atomic E-state index is -0.370. The van der Waals surface area contributed by atoms with Gasteiger partial charge in [0.2, 0.25) is 6.29 Å². The summed E-state index contributed by atoms with van der Waals surface area (Å²) in [5.41, 5.74) is 0. The van der Waals surface area contributed by atoms with E-state index in [1.165, 1.54) is 19.3 Å². The topological polar surface area (TPSA) is 46.6 Å². The van der Waals surface area contributed by atoms with Crippen LogP contribution in [0.15, 0.2) is 0 Å². The van der Waals surface area contributed by atoms with Crippen LogP contribution in [0.5, 0.6) is 0 Å². The molecule has 4 nitrogen and oxygen atoms in total. The number of hydrogen-bond acceptors (Lipinski definition) is 3. The molecule has 0 saturated heterocycles. The molecule has 3 unspecified atom stereocenters. The van der Waals surface area contributed by atoms with E-state index in [2.05, 4.69) is 15.9 Å². The van der Waals surface area contributed by atoms with Crippen LogP contribution >= 0.6 is 15.9 Å². The van der Waals surface area contributed by atoms with Crippen LogP contribution in [0.2, 0.25) is 0 Å². The molecule has 0 aromatic rings. The third-order valence-corrected chi connectivity index (χ3v) is 4.20. The molecule has 2 saturated carbocycles. The van der Waals surface area contributed by atoms with E-state index in [0.717, 1.165) is 12.3 Å². The molecule has 0 aliphatic heterocycles. The Morgan fingerprint density at radius 2 is 2.24 bits per heavy atom. The number of alkyl halides is 1. The number of ether oxygens (including phenoxy) is 1. The Kier molecular flexibility index (Phi) is 4.42. The van der Waals surface area contributed by atoms with E-state index >= 15 is 0 Å². The van der Waals surface area contributed by atoms with Crippen molar-refractivity contribution in [1.29, 1.82) is 0 Å². The summed E-state index contributed by atoms with van der Waals surface area (Å²) in [5.74, 6) is 1.30. The SMILES string of the molecule is O=[C]CN(C(=O)OCCBr)C1CC2CCC1C2. The fourth-order valence-electron chi connectivity index (χ4n) is 3.19. The average Bonchev–Trinajstić information content (AvgIpc) is 2.95. The number of hydrogen-bond donors (Lipinski definition) is 0. The van der Waals surface area contributed by atoms with E-state index in [-0.39, 0.29) is 18.7 Å². The van der Waals surface area contributed by atoms with Gasteiger partial charge in [-0.1, -0.05) is 22.4 Å². The molecule has 0 spiro atoms. The molecular formula is C12H17BrNO3. The highest BCUT2D eigenvalue weighted by atomic mass is 79.9. The lowest BCUT2D eigenvalue weighted by molar-refractivity contribution is 0.0844. The molecule has 2 bridgehead atoms. The number of halogens is 1. The number of amides is 1. The minimum Gasteiger partial charge on any atom is -0.449 e. The molecular weight excluding hydrogens is 286 g/mol. The molecule has 17 heavy (non-hydrogen) atoms. The Bertz CT molecular complexity index is 297. The van der Waals surface area contributed by atoms with E-state index in [1.807, 2.05) is 6.29 Å². The molecule has 95 valence electrons. The summed E-state index contributed by atoms with van der Waals surface area (Å²) in [6.07, 6.45) is 6.13. The Labute approximate surface area is 110 Å². The predicted octanol–water partition coefficient (Wildman–Crippen LogP) is 2.12. The number of nitrogens with zero attached hydrogens (tertiary/aromatic N) is 1. The summed E-state index contributed by atoms with van der Waals surface area (Å²) >= 11 is 3.21. The van der Waals surface area contributed by atoms with Crippen LogP contribution in [0.3, 0.4) is 0 Å². The molecule has 2 aliphatic rings. The van der Waals surface area contributed by atoms with Gasteiger partial charge in [0, 0.05) is 11.4 Å². The second kappa shape index (κ2) is 5.85. The summed E-state index contributed by atoms with van der Waals surface area (Å²) in [7, 11) is 0. The van der Waals surface area contributed by atoms with Crippen molar-refractivity contribution >= 4 is 28.3 Å². The lowest BCUT2D eigenvalue weighted by Gasteiger charge is -2.32. The summed E-state index contributed by atoms with van der Waals surface area (Å²) in [4.78, 5) is 24.0. The zero-order valence-electron chi connectivity index (χ0n) is 9.73. The Morgan fingerprint density at radius 1 is 1.41 bits per heavy atom. The molecule has 0 aromatic carbocycles. The first-order chi connectivity index (χ1) is 8.26. The predicted molar refractivity (Wildman–Crippen MR) is 66.8 cm³/mol. The Hall–Kier alpha value is -0.580. The lowest BCUT2D eigenvalue weighted by Crippen LogP contribution is -2.44. The molecule has 2 fully saturated rings. The lowest BCUT2D eigenvalue weighted by atomic mass is 9.94.